The van der Waals surface area contributed by atoms with E-state index in [9.17, 15) is 4.79 Å². The van der Waals surface area contributed by atoms with Crippen molar-refractivity contribution >= 4 is 18.7 Å². The summed E-state index contributed by atoms with van der Waals surface area (Å²) in [6.45, 7) is 3.95. The first-order valence-electron chi connectivity index (χ1n) is 5.29. The topological polar surface area (TPSA) is 47.6 Å². The Morgan fingerprint density at radius 2 is 2.12 bits per heavy atom. The van der Waals surface area contributed by atoms with Crippen LogP contribution in [0.1, 0.15) is 17.3 Å². The van der Waals surface area contributed by atoms with Crippen LogP contribution in [0.4, 0.5) is 0 Å². The highest BCUT2D eigenvalue weighted by molar-refractivity contribution is 5.85. The van der Waals surface area contributed by atoms with Gasteiger partial charge in [-0.1, -0.05) is 0 Å². The zero-order chi connectivity index (χ0) is 11.4. The second-order valence-corrected chi connectivity index (χ2v) is 4.00. The van der Waals surface area contributed by atoms with Crippen LogP contribution in [0.3, 0.4) is 0 Å². The van der Waals surface area contributed by atoms with E-state index in [2.05, 4.69) is 5.32 Å². The maximum atomic E-state index is 10.5. The standard InChI is InChI=1S/C12H15NO3.ClH/c1-12(9-15-7-6-13-12)16-11-4-2-10(8-14)3-5-11;/h2-5,8,13H,6-7,9H2,1H3;1H/t12-;/m0./s1. The third kappa shape index (κ3) is 3.70. The van der Waals surface area contributed by atoms with Crippen LogP contribution in [0.25, 0.3) is 0 Å². The first-order chi connectivity index (χ1) is 7.72. The number of aldehydes is 1. The molecular formula is C12H16ClNO3. The smallest absolute Gasteiger partial charge is 0.181 e. The van der Waals surface area contributed by atoms with Gasteiger partial charge >= 0.3 is 0 Å². The molecule has 0 amide bonds. The van der Waals surface area contributed by atoms with E-state index in [1.54, 1.807) is 24.3 Å². The Labute approximate surface area is 107 Å². The lowest BCUT2D eigenvalue weighted by molar-refractivity contribution is -0.0702. The number of ether oxygens (including phenoxy) is 2. The first-order valence-corrected chi connectivity index (χ1v) is 5.29. The summed E-state index contributed by atoms with van der Waals surface area (Å²) in [5.74, 6) is 0.728. The van der Waals surface area contributed by atoms with Crippen LogP contribution in [-0.4, -0.2) is 31.8 Å². The highest BCUT2D eigenvalue weighted by Gasteiger charge is 2.28. The van der Waals surface area contributed by atoms with Crippen molar-refractivity contribution in [3.63, 3.8) is 0 Å². The van der Waals surface area contributed by atoms with Gasteiger partial charge in [-0.05, 0) is 31.2 Å². The molecule has 0 radical (unpaired) electrons. The number of nitrogens with one attached hydrogen (secondary N) is 1. The molecule has 1 fully saturated rings. The van der Waals surface area contributed by atoms with Crippen molar-refractivity contribution in [3.8, 4) is 5.75 Å². The zero-order valence-corrected chi connectivity index (χ0v) is 10.5. The molecule has 1 heterocycles. The Bertz CT molecular complexity index is 361. The lowest BCUT2D eigenvalue weighted by atomic mass is 10.2. The molecule has 0 bridgehead atoms. The fraction of sp³-hybridized carbons (Fsp3) is 0.417. The Hall–Kier alpha value is -1.10. The van der Waals surface area contributed by atoms with Gasteiger partial charge in [0.15, 0.2) is 5.72 Å². The van der Waals surface area contributed by atoms with Crippen LogP contribution >= 0.6 is 12.4 Å². The van der Waals surface area contributed by atoms with Gasteiger partial charge in [-0.2, -0.15) is 0 Å². The van der Waals surface area contributed by atoms with Gasteiger partial charge in [0.1, 0.15) is 18.6 Å². The van der Waals surface area contributed by atoms with Crippen LogP contribution in [0.15, 0.2) is 24.3 Å². The molecule has 1 aromatic rings. The van der Waals surface area contributed by atoms with Gasteiger partial charge in [0.2, 0.25) is 0 Å². The summed E-state index contributed by atoms with van der Waals surface area (Å²) < 4.78 is 11.1. The lowest BCUT2D eigenvalue weighted by Crippen LogP contribution is -2.56. The van der Waals surface area contributed by atoms with E-state index < -0.39 is 5.72 Å². The molecule has 0 unspecified atom stereocenters. The number of carbonyl (C=O) groups excluding carboxylic acids is 1. The van der Waals surface area contributed by atoms with E-state index in [0.717, 1.165) is 18.6 Å². The van der Waals surface area contributed by atoms with Crippen LogP contribution in [0.2, 0.25) is 0 Å². The number of halogens is 1. The first kappa shape index (κ1) is 14.0. The highest BCUT2D eigenvalue weighted by Crippen LogP contribution is 2.18. The maximum Gasteiger partial charge on any atom is 0.181 e. The molecule has 17 heavy (non-hydrogen) atoms. The molecule has 1 saturated heterocycles. The number of morpholine rings is 1. The predicted octanol–water partition coefficient (Wildman–Crippen LogP) is 1.64. The predicted molar refractivity (Wildman–Crippen MR) is 66.9 cm³/mol. The Morgan fingerprint density at radius 3 is 2.65 bits per heavy atom. The molecule has 0 spiro atoms. The summed E-state index contributed by atoms with van der Waals surface area (Å²) >= 11 is 0. The third-order valence-electron chi connectivity index (χ3n) is 2.48. The minimum Gasteiger partial charge on any atom is -0.471 e. The largest absolute Gasteiger partial charge is 0.471 e. The number of benzene rings is 1. The molecule has 1 aliphatic rings. The van der Waals surface area contributed by atoms with Gasteiger partial charge < -0.3 is 9.47 Å². The van der Waals surface area contributed by atoms with Crippen molar-refractivity contribution in [1.29, 1.82) is 0 Å². The van der Waals surface area contributed by atoms with Crippen molar-refractivity contribution in [1.82, 2.24) is 5.32 Å². The normalized spacial score (nSPS) is 23.6. The number of rotatable bonds is 3. The molecular weight excluding hydrogens is 242 g/mol. The van der Waals surface area contributed by atoms with Crippen molar-refractivity contribution < 1.29 is 14.3 Å². The maximum absolute atomic E-state index is 10.5. The summed E-state index contributed by atoms with van der Waals surface area (Å²) in [5, 5.41) is 3.26. The van der Waals surface area contributed by atoms with Crippen LogP contribution in [0.5, 0.6) is 5.75 Å². The van der Waals surface area contributed by atoms with Crippen molar-refractivity contribution in [2.75, 3.05) is 19.8 Å². The summed E-state index contributed by atoms with van der Waals surface area (Å²) in [5.41, 5.74) is 0.159. The molecule has 1 aromatic carbocycles. The average Bonchev–Trinajstić information content (AvgIpc) is 2.30. The summed E-state index contributed by atoms with van der Waals surface area (Å²) in [6.07, 6.45) is 0.813. The van der Waals surface area contributed by atoms with Crippen LogP contribution in [-0.2, 0) is 4.74 Å². The fourth-order valence-corrected chi connectivity index (χ4v) is 1.65. The molecule has 2 rings (SSSR count). The molecule has 0 aromatic heterocycles. The second kappa shape index (κ2) is 6.00. The zero-order valence-electron chi connectivity index (χ0n) is 9.64. The molecule has 1 atom stereocenters. The van der Waals surface area contributed by atoms with Gasteiger partial charge in [0.25, 0.3) is 0 Å². The summed E-state index contributed by atoms with van der Waals surface area (Å²) in [4.78, 5) is 10.5. The molecule has 0 saturated carbocycles. The minimum absolute atomic E-state index is 0. The lowest BCUT2D eigenvalue weighted by Gasteiger charge is -2.35. The van der Waals surface area contributed by atoms with E-state index in [-0.39, 0.29) is 12.4 Å². The molecule has 1 N–H and O–H groups in total. The van der Waals surface area contributed by atoms with E-state index in [1.807, 2.05) is 6.92 Å². The van der Waals surface area contributed by atoms with Crippen molar-refractivity contribution in [2.24, 2.45) is 0 Å². The molecule has 5 heteroatoms. The summed E-state index contributed by atoms with van der Waals surface area (Å²) in [6, 6.07) is 7.03. The Morgan fingerprint density at radius 1 is 1.41 bits per heavy atom. The summed E-state index contributed by atoms with van der Waals surface area (Å²) in [7, 11) is 0. The molecule has 0 aliphatic carbocycles. The third-order valence-corrected chi connectivity index (χ3v) is 2.48. The van der Waals surface area contributed by atoms with Crippen molar-refractivity contribution in [2.45, 2.75) is 12.6 Å². The van der Waals surface area contributed by atoms with Crippen molar-refractivity contribution in [3.05, 3.63) is 29.8 Å². The van der Waals surface area contributed by atoms with Gasteiger partial charge in [0, 0.05) is 12.1 Å². The monoisotopic (exact) mass is 257 g/mol. The fourth-order valence-electron chi connectivity index (χ4n) is 1.65. The van der Waals surface area contributed by atoms with Gasteiger partial charge in [-0.15, -0.1) is 12.4 Å². The molecule has 94 valence electrons. The Balaban J connectivity index is 0.00000144. The highest BCUT2D eigenvalue weighted by atomic mass is 35.5. The van der Waals surface area contributed by atoms with Crippen LogP contribution in [0, 0.1) is 0 Å². The molecule has 1 aliphatic heterocycles. The van der Waals surface area contributed by atoms with E-state index in [1.165, 1.54) is 0 Å². The van der Waals surface area contributed by atoms with Gasteiger partial charge in [-0.3, -0.25) is 10.1 Å². The van der Waals surface area contributed by atoms with E-state index in [0.29, 0.717) is 18.8 Å². The minimum atomic E-state index is -0.485. The number of carbonyl (C=O) groups is 1. The van der Waals surface area contributed by atoms with Crippen LogP contribution < -0.4 is 10.1 Å². The van der Waals surface area contributed by atoms with E-state index in [4.69, 9.17) is 9.47 Å². The average molecular weight is 258 g/mol. The second-order valence-electron chi connectivity index (χ2n) is 4.00. The van der Waals surface area contributed by atoms with E-state index >= 15 is 0 Å². The van der Waals surface area contributed by atoms with Gasteiger partial charge in [-0.25, -0.2) is 0 Å². The number of hydrogen-bond donors (Lipinski definition) is 1. The number of hydrogen-bond acceptors (Lipinski definition) is 4. The Kier molecular flexibility index (Phi) is 4.93. The van der Waals surface area contributed by atoms with Gasteiger partial charge in [0.05, 0.1) is 6.61 Å². The quantitative estimate of drug-likeness (QED) is 0.837. The molecule has 4 nitrogen and oxygen atoms in total. The SMILES string of the molecule is C[C@]1(Oc2ccc(C=O)cc2)COCCN1.Cl.